The third-order valence-corrected chi connectivity index (χ3v) is 11.3. The zero-order valence-corrected chi connectivity index (χ0v) is 59.7. The van der Waals surface area contributed by atoms with Crippen molar-refractivity contribution < 1.29 is 239 Å². The molecule has 0 spiro atoms. The zero-order chi connectivity index (χ0) is 116. The Hall–Kier alpha value is -14.7. The molecule has 0 aromatic heterocycles. The summed E-state index contributed by atoms with van der Waals surface area (Å²) in [5, 5.41) is 0. The van der Waals surface area contributed by atoms with Gasteiger partial charge < -0.3 is 37.9 Å². The first-order valence-electron chi connectivity index (χ1n) is 41.4. The van der Waals surface area contributed by atoms with Gasteiger partial charge in [-0.15, -0.1) is 0 Å². The molecule has 8 aromatic carbocycles. The zero-order valence-electron chi connectivity index (χ0n) is 82.7. The van der Waals surface area contributed by atoms with Gasteiger partial charge in [0.2, 0.25) is 98.7 Å². The van der Waals surface area contributed by atoms with E-state index in [0.29, 0.717) is 18.2 Å². The molecule has 46 heteroatoms. The minimum atomic E-state index is -5.19. The van der Waals surface area contributed by atoms with E-state index in [0.717, 1.165) is 30.3 Å². The average Bonchev–Trinajstić information content (AvgIpc) is 0.778. The van der Waals surface area contributed by atoms with Crippen molar-refractivity contribution in [2.45, 2.75) is 45.9 Å². The van der Waals surface area contributed by atoms with Gasteiger partial charge in [-0.25, -0.2) is 82.3 Å². The molecule has 0 amide bonds. The molecule has 0 heterocycles. The maximum absolute atomic E-state index is 13.1. The minimum Gasteiger partial charge on any atom is -0.423 e. The molecule has 0 aliphatic rings. The van der Waals surface area contributed by atoms with Crippen LogP contribution in [0.25, 0.3) is 0 Å². The minimum absolute atomic E-state index is 0.0771. The van der Waals surface area contributed by atoms with Crippen molar-refractivity contribution in [2.24, 2.45) is 0 Å². The topological polar surface area (TPSA) is 210 Å². The van der Waals surface area contributed by atoms with E-state index in [4.69, 9.17) is 31.5 Å². The van der Waals surface area contributed by atoms with Gasteiger partial charge >= 0.3 is 66.3 Å². The molecule has 0 radical (unpaired) electrons. The monoisotopic (exact) mass is 1850 g/mol. The summed E-state index contributed by atoms with van der Waals surface area (Å²) in [6.07, 6.45) is -15.0. The van der Waals surface area contributed by atoms with Crippen molar-refractivity contribution >= 4 is 47.8 Å². The fourth-order valence-corrected chi connectivity index (χ4v) is 5.97. The fraction of sp³-hybridized carbons (Fsp3) is 0.0886. The van der Waals surface area contributed by atoms with Crippen LogP contribution in [0.4, 0.5) is 132 Å². The van der Waals surface area contributed by atoms with Crippen molar-refractivity contribution in [1.82, 2.24) is 0 Å². The molecule has 0 aliphatic heterocycles. The summed E-state index contributed by atoms with van der Waals surface area (Å²) in [6, 6.07) is -7.66. The van der Waals surface area contributed by atoms with Gasteiger partial charge in [0.05, 0.1) is 31.8 Å². The molecule has 0 atom stereocenters. The lowest BCUT2D eigenvalue weighted by molar-refractivity contribution is -0.138. The molecule has 0 aliphatic carbocycles. The standard InChI is InChI=1S/3C11H9F3O2.C10H8F2O2.C9H2F6O2.2C9H3F5O2.C9H5F3O2/c3*1-7(2)10(15)16-9-5-3-4-8(6-9)11(12,13)14;1-6(2)10(13)14-9-4-7(11)3-8(12)5-9;1-2(10)9(16)17-8-6(14)4(12)3(11)5(13)7(8)15;2*1-3(10)9(15)16-8-6(13)4(11)2-5(12)7(8)14;1-5(10)9(13)14-7-4-2-3-6(11)8(7)12/h3*3-6H,1H2,2H3;3-5H,1H2,2H3;1H2;2*2H,1H2;2-4H,1H2/i2*2D3,3D,4D,5D,6D;2*2D3;;2D;;2D,4D. The normalized spacial score (nSPS) is 13.4. The first kappa shape index (κ1) is 74.2. The van der Waals surface area contributed by atoms with Crippen molar-refractivity contribution in [3.63, 3.8) is 0 Å². The van der Waals surface area contributed by atoms with Crippen LogP contribution in [0.3, 0.4) is 0 Å². The van der Waals surface area contributed by atoms with Gasteiger partial charge in [0.15, 0.2) is 34.8 Å². The molecule has 0 saturated carbocycles. The number of ether oxygens (including phenoxy) is 8. The summed E-state index contributed by atoms with van der Waals surface area (Å²) in [5.74, 6) is -62.1. The lowest BCUT2D eigenvalue weighted by Gasteiger charge is -2.08. The second-order valence-electron chi connectivity index (χ2n) is 20.5. The van der Waals surface area contributed by atoms with Crippen LogP contribution in [0.1, 0.15) is 75.6 Å². The lowest BCUT2D eigenvalue weighted by Crippen LogP contribution is -2.13. The number of rotatable bonds is 16. The van der Waals surface area contributed by atoms with E-state index in [1.165, 1.54) is 0 Å². The highest BCUT2D eigenvalue weighted by atomic mass is 19.4. The summed E-state index contributed by atoms with van der Waals surface area (Å²) in [7, 11) is 0. The molecule has 0 fully saturated rings. The Balaban J connectivity index is 0.000000849. The number of carbonyl (C=O) groups is 8. The number of benzene rings is 8. The Kier molecular flexibility index (Phi) is 28.6. The van der Waals surface area contributed by atoms with Gasteiger partial charge in [0.25, 0.3) is 0 Å². The van der Waals surface area contributed by atoms with Crippen LogP contribution >= 0.6 is 0 Å². The molecule has 0 bridgehead atoms. The number of hydrogen-bond donors (Lipinski definition) is 0. The molecule has 125 heavy (non-hydrogen) atoms. The predicted octanol–water partition coefficient (Wildman–Crippen LogP) is 22.4. The highest BCUT2D eigenvalue weighted by molar-refractivity contribution is 5.91. The smallest absolute Gasteiger partial charge is 0.416 e. The molecular weight excluding hydrogens is 1770 g/mol. The Morgan fingerprint density at radius 1 is 0.288 bits per heavy atom. The summed E-state index contributed by atoms with van der Waals surface area (Å²) in [6.45, 7) is 10.5. The van der Waals surface area contributed by atoms with Crippen molar-refractivity contribution in [1.29, 1.82) is 0 Å². The molecule has 8 rings (SSSR count). The number of alkyl halides is 9. The third-order valence-electron chi connectivity index (χ3n) is 11.3. The van der Waals surface area contributed by atoms with Crippen LogP contribution in [0.15, 0.2) is 219 Å². The van der Waals surface area contributed by atoms with Crippen LogP contribution in [-0.4, -0.2) is 47.8 Å². The highest BCUT2D eigenvalue weighted by Gasteiger charge is 2.35. The van der Waals surface area contributed by atoms with E-state index in [9.17, 15) is 170 Å². The number of esters is 8. The summed E-state index contributed by atoms with van der Waals surface area (Å²) in [4.78, 5) is 88.2. The largest absolute Gasteiger partial charge is 0.423 e. The Bertz CT molecular complexity index is 6220. The summed E-state index contributed by atoms with van der Waals surface area (Å²) < 4.78 is 576. The van der Waals surface area contributed by atoms with Gasteiger partial charge in [-0.1, -0.05) is 76.8 Å². The SMILES string of the molecule is C=C(F)C(=O)Oc1c(F)c(F)c(F)c(F)c1F.C=C(F)C(=O)Oc1c(F)c(F)cc(F)c1F.[2H]C([2H])([2H])C(=C)C(=O)Oc1cc(F)cc(F)c1.[2H]C([2H])([2H])C(=C)C(=O)Oc1cccc(C(F)(F)F)c1.[2H]c1c(F)c(F)c(OC(=O)C(=C)F)c(F)c1F.[2H]c1c([2H])c(OC(=O)C(=C)C([2H])([2H])[2H])c([2H])c(C(F)(F)F)c1[2H].[2H]c1c([2H])c(OC(=O)C(=C)C([2H])([2H])[2H])c([2H])c(C(F)(F)F)c1[2H].[2H]c1cc(F)c(F)c(OC(=O)C(=C)F)c1[2H]. The van der Waals surface area contributed by atoms with Crippen LogP contribution in [0.2, 0.25) is 0 Å². The van der Waals surface area contributed by atoms with E-state index < -0.39 is 367 Å². The quantitative estimate of drug-likeness (QED) is 0.0220. The van der Waals surface area contributed by atoms with E-state index in [1.54, 1.807) is 0 Å². The van der Waals surface area contributed by atoms with Crippen LogP contribution in [0.5, 0.6) is 46.0 Å². The van der Waals surface area contributed by atoms with Crippen molar-refractivity contribution in [3.05, 3.63) is 335 Å². The summed E-state index contributed by atoms with van der Waals surface area (Å²) >= 11 is 0. The number of hydrogen-bond acceptors (Lipinski definition) is 16. The third kappa shape index (κ3) is 35.9. The predicted molar refractivity (Wildman–Crippen MR) is 371 cm³/mol. The van der Waals surface area contributed by atoms with Crippen molar-refractivity contribution in [3.8, 4) is 46.0 Å². The van der Waals surface area contributed by atoms with E-state index in [1.807, 2.05) is 0 Å². The van der Waals surface area contributed by atoms with Gasteiger partial charge in [-0.3, -0.25) is 0 Å². The molecule has 670 valence electrons. The van der Waals surface area contributed by atoms with Crippen LogP contribution in [-0.2, 0) is 56.9 Å². The van der Waals surface area contributed by atoms with Gasteiger partial charge in [0.1, 0.15) is 34.6 Å². The first-order valence-corrected chi connectivity index (χ1v) is 29.9. The number of halogens is 30. The average molecular weight is 1850 g/mol. The summed E-state index contributed by atoms with van der Waals surface area (Å²) in [5.41, 5.74) is -8.41. The van der Waals surface area contributed by atoms with Gasteiger partial charge in [0, 0.05) is 69.0 Å². The molecule has 16 nitrogen and oxygen atoms in total. The second-order valence-corrected chi connectivity index (χ2v) is 20.5. The molecule has 0 saturated heterocycles. The maximum atomic E-state index is 13.1. The van der Waals surface area contributed by atoms with Gasteiger partial charge in [-0.2, -0.15) is 87.8 Å². The fourth-order valence-electron chi connectivity index (χ4n) is 5.97. The Morgan fingerprint density at radius 3 is 0.936 bits per heavy atom. The number of carbonyl (C=O) groups excluding carboxylic acids is 8. The van der Waals surface area contributed by atoms with Crippen molar-refractivity contribution in [2.75, 3.05) is 0 Å². The Labute approximate surface area is 713 Å². The molecule has 8 aromatic rings. The van der Waals surface area contributed by atoms with Crippen LogP contribution in [0, 0.1) is 98.9 Å². The first-order chi connectivity index (χ1) is 66.8. The van der Waals surface area contributed by atoms with Gasteiger partial charge in [-0.05, 0) is 94.0 Å². The van der Waals surface area contributed by atoms with E-state index in [2.05, 4.69) is 90.5 Å². The highest BCUT2D eigenvalue weighted by Crippen LogP contribution is 2.36. The molecular formula is C79H48F30O16. The Morgan fingerprint density at radius 2 is 0.600 bits per heavy atom. The van der Waals surface area contributed by atoms with Crippen LogP contribution < -0.4 is 37.9 Å². The maximum Gasteiger partial charge on any atom is 0.416 e. The molecule has 0 unspecified atom stereocenters. The van der Waals surface area contributed by atoms with E-state index in [-0.39, 0.29) is 6.07 Å². The molecule has 0 N–H and O–H groups in total. The lowest BCUT2D eigenvalue weighted by atomic mass is 10.2. The second kappa shape index (κ2) is 48.1. The van der Waals surface area contributed by atoms with E-state index >= 15 is 0 Å².